The molecule has 15 heavy (non-hydrogen) atoms. The summed E-state index contributed by atoms with van der Waals surface area (Å²) in [5.74, 6) is 0. The van der Waals surface area contributed by atoms with E-state index in [1.54, 1.807) is 0 Å². The number of hydrogen-bond donors (Lipinski definition) is 0. The topological polar surface area (TPSA) is 9.23 Å². The molecule has 0 aromatic carbocycles. The molecule has 0 bridgehead atoms. The van der Waals surface area contributed by atoms with E-state index in [0.29, 0.717) is 5.04 Å². The second-order valence-corrected chi connectivity index (χ2v) is 12.6. The van der Waals surface area contributed by atoms with Gasteiger partial charge in [-0.2, -0.15) is 0 Å². The molecule has 0 saturated heterocycles. The summed E-state index contributed by atoms with van der Waals surface area (Å²) in [6, 6.07) is 0. The molecule has 0 aliphatic carbocycles. The maximum atomic E-state index is 6.11. The van der Waals surface area contributed by atoms with Crippen LogP contribution in [-0.2, 0) is 4.43 Å². The van der Waals surface area contributed by atoms with E-state index in [2.05, 4.69) is 56.8 Å². The van der Waals surface area contributed by atoms with E-state index >= 15 is 0 Å². The number of hydrogen-bond acceptors (Lipinski definition) is 1. The van der Waals surface area contributed by atoms with Gasteiger partial charge in [-0.05, 0) is 0 Å². The summed E-state index contributed by atoms with van der Waals surface area (Å²) in [5, 5.41) is 0.349. The molecule has 0 radical (unpaired) electrons. The molecule has 0 aromatic heterocycles. The molecule has 0 N–H and O–H groups in total. The average Bonchev–Trinajstić information content (AvgIpc) is 2.00. The minimum atomic E-state index is -1.49. The Bertz CT molecular complexity index is 173. The van der Waals surface area contributed by atoms with Crippen LogP contribution < -0.4 is 0 Å². The summed E-state index contributed by atoms with van der Waals surface area (Å²) < 4.78 is 6.11. The third-order valence-corrected chi connectivity index (χ3v) is 8.37. The van der Waals surface area contributed by atoms with Gasteiger partial charge in [-0.15, -0.1) is 0 Å². The first-order chi connectivity index (χ1) is 6.67. The third kappa shape index (κ3) is 6.78. The molecular weight excluding hydrogens is 267 g/mol. The van der Waals surface area contributed by atoms with Crippen molar-refractivity contribution in [3.8, 4) is 0 Å². The number of unbranched alkanes of at least 4 members (excludes halogenated alkanes) is 1. The normalized spacial score (nSPS) is 15.4. The quantitative estimate of drug-likeness (QED) is 0.533. The molecule has 0 spiro atoms. The molecule has 3 heteroatoms. The monoisotopic (exact) mass is 296 g/mol. The molecule has 0 aromatic rings. The summed E-state index contributed by atoms with van der Waals surface area (Å²) in [6.45, 7) is 14.8. The summed E-state index contributed by atoms with van der Waals surface area (Å²) in [6.07, 6.45) is 3.82. The Kier molecular flexibility index (Phi) is 6.74. The minimum absolute atomic E-state index is 0.349. The summed E-state index contributed by atoms with van der Waals surface area (Å²) in [5.41, 5.74) is 0. The van der Waals surface area contributed by atoms with Crippen LogP contribution in [-0.4, -0.2) is 30.9 Å². The Morgan fingerprint density at radius 1 is 1.20 bits per heavy atom. The van der Waals surface area contributed by atoms with E-state index in [1.807, 2.05) is 0 Å². The molecule has 1 nitrogen and oxygen atoms in total. The van der Waals surface area contributed by atoms with Crippen molar-refractivity contribution in [3.63, 3.8) is 0 Å². The summed E-state index contributed by atoms with van der Waals surface area (Å²) in [4.78, 5) is 0.769. The van der Waals surface area contributed by atoms with Crippen LogP contribution in [0.5, 0.6) is 0 Å². The van der Waals surface area contributed by atoms with Crippen LogP contribution >= 0.6 is 0 Å². The standard InChI is InChI=1S/C12H28OSeSi/c1-11(14)9-7-8-10-13-15(5,6)12(2,3)4/h11,14H,7-10H2,1-6H3/t11-/m1/s1. The van der Waals surface area contributed by atoms with Crippen LogP contribution in [0.2, 0.25) is 22.9 Å². The van der Waals surface area contributed by atoms with Gasteiger partial charge in [0.2, 0.25) is 0 Å². The van der Waals surface area contributed by atoms with Crippen molar-refractivity contribution in [1.82, 2.24) is 0 Å². The first-order valence-corrected chi connectivity index (χ1v) is 9.98. The SMILES string of the molecule is C[C@@H]([SeH])CCCCO[Si](C)(C)C(C)(C)C. The van der Waals surface area contributed by atoms with Crippen LogP contribution in [0, 0.1) is 0 Å². The molecular formula is C12H28OSeSi. The van der Waals surface area contributed by atoms with Crippen molar-refractivity contribution >= 4 is 24.3 Å². The predicted molar refractivity (Wildman–Crippen MR) is 73.6 cm³/mol. The van der Waals surface area contributed by atoms with Gasteiger partial charge >= 0.3 is 105 Å². The van der Waals surface area contributed by atoms with Crippen molar-refractivity contribution in [2.45, 2.75) is 69.9 Å². The molecule has 1 atom stereocenters. The van der Waals surface area contributed by atoms with E-state index in [-0.39, 0.29) is 0 Å². The van der Waals surface area contributed by atoms with Gasteiger partial charge in [-0.1, -0.05) is 0 Å². The van der Waals surface area contributed by atoms with Crippen LogP contribution in [0.3, 0.4) is 0 Å². The van der Waals surface area contributed by atoms with Crippen molar-refractivity contribution in [3.05, 3.63) is 0 Å². The fraction of sp³-hybridized carbons (Fsp3) is 1.00. The first kappa shape index (κ1) is 15.7. The Balaban J connectivity index is 3.68. The molecule has 0 saturated carbocycles. The van der Waals surface area contributed by atoms with E-state index in [9.17, 15) is 0 Å². The van der Waals surface area contributed by atoms with Gasteiger partial charge < -0.3 is 0 Å². The Labute approximate surface area is 105 Å². The van der Waals surface area contributed by atoms with Crippen LogP contribution in [0.4, 0.5) is 0 Å². The molecule has 0 rings (SSSR count). The Hall–Kier alpha value is 0.696. The average molecular weight is 295 g/mol. The fourth-order valence-electron chi connectivity index (χ4n) is 1.09. The molecule has 0 aliphatic rings. The Morgan fingerprint density at radius 3 is 2.13 bits per heavy atom. The molecule has 0 amide bonds. The van der Waals surface area contributed by atoms with Gasteiger partial charge in [0.15, 0.2) is 0 Å². The van der Waals surface area contributed by atoms with E-state index in [4.69, 9.17) is 4.43 Å². The van der Waals surface area contributed by atoms with Gasteiger partial charge in [-0.25, -0.2) is 0 Å². The molecule has 92 valence electrons. The molecule has 0 heterocycles. The Morgan fingerprint density at radius 2 is 1.73 bits per heavy atom. The van der Waals surface area contributed by atoms with Crippen molar-refractivity contribution in [1.29, 1.82) is 0 Å². The molecule has 0 fully saturated rings. The second-order valence-electron chi connectivity index (χ2n) is 5.95. The van der Waals surface area contributed by atoms with E-state index in [0.717, 1.165) is 11.4 Å². The fourth-order valence-corrected chi connectivity index (χ4v) is 2.56. The predicted octanol–water partition coefficient (Wildman–Crippen LogP) is 3.89. The van der Waals surface area contributed by atoms with Gasteiger partial charge in [0.05, 0.1) is 0 Å². The van der Waals surface area contributed by atoms with E-state index in [1.165, 1.54) is 19.3 Å². The molecule has 0 unspecified atom stereocenters. The molecule has 0 aliphatic heterocycles. The van der Waals surface area contributed by atoms with Gasteiger partial charge in [0.1, 0.15) is 0 Å². The van der Waals surface area contributed by atoms with Crippen LogP contribution in [0.25, 0.3) is 0 Å². The first-order valence-electron chi connectivity index (χ1n) is 5.99. The van der Waals surface area contributed by atoms with Crippen molar-refractivity contribution in [2.24, 2.45) is 0 Å². The summed E-state index contributed by atoms with van der Waals surface area (Å²) in [7, 11) is -1.49. The summed E-state index contributed by atoms with van der Waals surface area (Å²) >= 11 is 2.71. The van der Waals surface area contributed by atoms with Gasteiger partial charge in [-0.3, -0.25) is 0 Å². The van der Waals surface area contributed by atoms with E-state index < -0.39 is 8.32 Å². The van der Waals surface area contributed by atoms with Crippen LogP contribution in [0.15, 0.2) is 0 Å². The van der Waals surface area contributed by atoms with Crippen molar-refractivity contribution < 1.29 is 4.43 Å². The zero-order chi connectivity index (χ0) is 12.1. The zero-order valence-corrected chi connectivity index (χ0v) is 14.1. The number of rotatable bonds is 6. The van der Waals surface area contributed by atoms with Crippen LogP contribution in [0.1, 0.15) is 47.0 Å². The third-order valence-electron chi connectivity index (χ3n) is 3.29. The zero-order valence-electron chi connectivity index (χ0n) is 11.3. The van der Waals surface area contributed by atoms with Gasteiger partial charge in [0, 0.05) is 0 Å². The second kappa shape index (κ2) is 6.44. The van der Waals surface area contributed by atoms with Gasteiger partial charge in [0.25, 0.3) is 0 Å². The maximum absolute atomic E-state index is 6.11. The van der Waals surface area contributed by atoms with Crippen molar-refractivity contribution in [2.75, 3.05) is 6.61 Å².